The second kappa shape index (κ2) is 2.89. The van der Waals surface area contributed by atoms with Gasteiger partial charge in [-0.05, 0) is 24.1 Å². The fourth-order valence-electron chi connectivity index (χ4n) is 0.845. The van der Waals surface area contributed by atoms with Crippen molar-refractivity contribution in [1.82, 2.24) is 0 Å². The topological polar surface area (TPSA) is 0 Å². The predicted molar refractivity (Wildman–Crippen MR) is 46.3 cm³/mol. The number of rotatable bonds is 1. The summed E-state index contributed by atoms with van der Waals surface area (Å²) >= 11 is 5.84. The smallest absolute Gasteiger partial charge is 0.0441 e. The van der Waals surface area contributed by atoms with Crippen LogP contribution >= 0.6 is 11.6 Å². The maximum absolute atomic E-state index is 5.84. The molecule has 0 radical (unpaired) electrons. The molecule has 10 heavy (non-hydrogen) atoms. The van der Waals surface area contributed by atoms with Crippen molar-refractivity contribution in [3.63, 3.8) is 0 Å². The molecule has 0 aliphatic rings. The molecule has 1 heteroatoms. The molecule has 0 nitrogen and oxygen atoms in total. The van der Waals surface area contributed by atoms with Gasteiger partial charge in [-0.3, -0.25) is 0 Å². The largest absolute Gasteiger partial charge is 0.0985 e. The first-order chi connectivity index (χ1) is 4.75. The first-order valence-corrected chi connectivity index (χ1v) is 3.51. The summed E-state index contributed by atoms with van der Waals surface area (Å²) in [6.07, 6.45) is 1.81. The van der Waals surface area contributed by atoms with Crippen molar-refractivity contribution >= 4 is 17.7 Å². The fourth-order valence-corrected chi connectivity index (χ4v) is 1.03. The summed E-state index contributed by atoms with van der Waals surface area (Å²) in [6, 6.07) is 5.80. The maximum Gasteiger partial charge on any atom is 0.0441 e. The summed E-state index contributed by atoms with van der Waals surface area (Å²) in [7, 11) is 0. The van der Waals surface area contributed by atoms with E-state index < -0.39 is 0 Å². The van der Waals surface area contributed by atoms with Gasteiger partial charge >= 0.3 is 0 Å². The van der Waals surface area contributed by atoms with Crippen LogP contribution in [-0.2, 0) is 0 Å². The molecule has 0 fully saturated rings. The van der Waals surface area contributed by atoms with Crippen LogP contribution in [0.2, 0.25) is 5.02 Å². The van der Waals surface area contributed by atoms with E-state index in [0.717, 1.165) is 16.1 Å². The second-order valence-corrected chi connectivity index (χ2v) is 2.57. The van der Waals surface area contributed by atoms with Gasteiger partial charge < -0.3 is 0 Å². The number of hydrogen-bond donors (Lipinski definition) is 0. The van der Waals surface area contributed by atoms with Crippen molar-refractivity contribution in [3.8, 4) is 0 Å². The average molecular weight is 153 g/mol. The van der Waals surface area contributed by atoms with Gasteiger partial charge in [0.15, 0.2) is 0 Å². The van der Waals surface area contributed by atoms with Crippen LogP contribution in [0.15, 0.2) is 24.8 Å². The number of benzene rings is 1. The Hall–Kier alpha value is -0.750. The highest BCUT2D eigenvalue weighted by atomic mass is 35.5. The van der Waals surface area contributed by atoms with Crippen LogP contribution in [0.1, 0.15) is 11.1 Å². The third-order valence-electron chi connectivity index (χ3n) is 1.53. The Bertz CT molecular complexity index is 251. The minimum atomic E-state index is 0.803. The third kappa shape index (κ3) is 1.22. The molecule has 0 atom stereocenters. The summed E-state index contributed by atoms with van der Waals surface area (Å²) in [4.78, 5) is 0. The standard InChI is InChI=1S/C9H9Cl/c1-3-8-5-4-6-9(10)7(8)2/h3-6H,1H2,2H3. The quantitative estimate of drug-likeness (QED) is 0.580. The van der Waals surface area contributed by atoms with Gasteiger partial charge in [-0.15, -0.1) is 0 Å². The number of halogens is 1. The number of hydrogen-bond acceptors (Lipinski definition) is 0. The Morgan fingerprint density at radius 3 is 2.70 bits per heavy atom. The van der Waals surface area contributed by atoms with E-state index >= 15 is 0 Å². The molecular weight excluding hydrogens is 144 g/mol. The van der Waals surface area contributed by atoms with E-state index in [9.17, 15) is 0 Å². The fraction of sp³-hybridized carbons (Fsp3) is 0.111. The van der Waals surface area contributed by atoms with E-state index in [4.69, 9.17) is 11.6 Å². The van der Waals surface area contributed by atoms with Crippen molar-refractivity contribution in [2.24, 2.45) is 0 Å². The molecule has 1 rings (SSSR count). The van der Waals surface area contributed by atoms with Crippen LogP contribution in [-0.4, -0.2) is 0 Å². The lowest BCUT2D eigenvalue weighted by Crippen LogP contribution is -1.79. The van der Waals surface area contributed by atoms with Crippen LogP contribution in [0.3, 0.4) is 0 Å². The van der Waals surface area contributed by atoms with Crippen molar-refractivity contribution in [1.29, 1.82) is 0 Å². The normalized spacial score (nSPS) is 9.40. The molecule has 0 unspecified atom stereocenters. The Labute approximate surface area is 66.1 Å². The molecule has 0 saturated heterocycles. The average Bonchev–Trinajstić information content (AvgIpc) is 1.95. The van der Waals surface area contributed by atoms with E-state index in [1.165, 1.54) is 0 Å². The molecule has 0 aliphatic carbocycles. The van der Waals surface area contributed by atoms with Gasteiger partial charge in [-0.25, -0.2) is 0 Å². The molecule has 52 valence electrons. The first kappa shape index (κ1) is 7.36. The molecular formula is C9H9Cl. The minimum Gasteiger partial charge on any atom is -0.0985 e. The Morgan fingerprint density at radius 2 is 2.20 bits per heavy atom. The first-order valence-electron chi connectivity index (χ1n) is 3.13. The summed E-state index contributed by atoms with van der Waals surface area (Å²) in [6.45, 7) is 5.66. The second-order valence-electron chi connectivity index (χ2n) is 2.16. The van der Waals surface area contributed by atoms with Crippen molar-refractivity contribution in [2.45, 2.75) is 6.92 Å². The van der Waals surface area contributed by atoms with Crippen LogP contribution in [0.5, 0.6) is 0 Å². The summed E-state index contributed by atoms with van der Waals surface area (Å²) in [5.74, 6) is 0. The van der Waals surface area contributed by atoms with Gasteiger partial charge in [0.1, 0.15) is 0 Å². The molecule has 0 aromatic heterocycles. The summed E-state index contributed by atoms with van der Waals surface area (Å²) in [5, 5.41) is 0.803. The molecule has 0 bridgehead atoms. The zero-order chi connectivity index (χ0) is 7.56. The minimum absolute atomic E-state index is 0.803. The molecule has 1 aromatic rings. The lowest BCUT2D eigenvalue weighted by Gasteiger charge is -2.00. The molecule has 0 N–H and O–H groups in total. The van der Waals surface area contributed by atoms with Gasteiger partial charge in [0.25, 0.3) is 0 Å². The van der Waals surface area contributed by atoms with Crippen molar-refractivity contribution < 1.29 is 0 Å². The maximum atomic E-state index is 5.84. The molecule has 1 aromatic carbocycles. The third-order valence-corrected chi connectivity index (χ3v) is 1.94. The van der Waals surface area contributed by atoms with Gasteiger partial charge in [0.05, 0.1) is 0 Å². The molecule has 0 amide bonds. The van der Waals surface area contributed by atoms with Crippen LogP contribution < -0.4 is 0 Å². The zero-order valence-corrected chi connectivity index (χ0v) is 6.65. The molecule has 0 heterocycles. The Balaban J connectivity index is 3.27. The highest BCUT2D eigenvalue weighted by molar-refractivity contribution is 6.31. The monoisotopic (exact) mass is 152 g/mol. The zero-order valence-electron chi connectivity index (χ0n) is 5.89. The van der Waals surface area contributed by atoms with E-state index in [0.29, 0.717) is 0 Å². The van der Waals surface area contributed by atoms with Crippen molar-refractivity contribution in [3.05, 3.63) is 40.9 Å². The van der Waals surface area contributed by atoms with Gasteiger partial charge in [-0.2, -0.15) is 0 Å². The molecule has 0 aliphatic heterocycles. The molecule has 0 spiro atoms. The van der Waals surface area contributed by atoms with Gasteiger partial charge in [0.2, 0.25) is 0 Å². The van der Waals surface area contributed by atoms with Crippen LogP contribution in [0.25, 0.3) is 6.08 Å². The lowest BCUT2D eigenvalue weighted by atomic mass is 10.1. The Morgan fingerprint density at radius 1 is 1.50 bits per heavy atom. The summed E-state index contributed by atoms with van der Waals surface area (Å²) in [5.41, 5.74) is 2.20. The van der Waals surface area contributed by atoms with Crippen LogP contribution in [0.4, 0.5) is 0 Å². The van der Waals surface area contributed by atoms with E-state index in [1.807, 2.05) is 25.1 Å². The Kier molecular flexibility index (Phi) is 2.13. The van der Waals surface area contributed by atoms with E-state index in [1.54, 1.807) is 6.08 Å². The highest BCUT2D eigenvalue weighted by Gasteiger charge is 1.95. The highest BCUT2D eigenvalue weighted by Crippen LogP contribution is 2.18. The molecule has 0 saturated carbocycles. The van der Waals surface area contributed by atoms with Crippen molar-refractivity contribution in [2.75, 3.05) is 0 Å². The van der Waals surface area contributed by atoms with E-state index in [2.05, 4.69) is 6.58 Å². The van der Waals surface area contributed by atoms with Crippen LogP contribution in [0, 0.1) is 6.92 Å². The van der Waals surface area contributed by atoms with Gasteiger partial charge in [0, 0.05) is 5.02 Å². The summed E-state index contributed by atoms with van der Waals surface area (Å²) < 4.78 is 0. The van der Waals surface area contributed by atoms with Gasteiger partial charge in [-0.1, -0.05) is 36.4 Å². The van der Waals surface area contributed by atoms with E-state index in [-0.39, 0.29) is 0 Å². The lowest BCUT2D eigenvalue weighted by molar-refractivity contribution is 1.44. The predicted octanol–water partition coefficient (Wildman–Crippen LogP) is 3.29. The SMILES string of the molecule is C=Cc1cccc(Cl)c1C.